The van der Waals surface area contributed by atoms with Crippen molar-refractivity contribution in [1.82, 2.24) is 0 Å². The molecule has 0 spiro atoms. The molecular formula is C12H11BrN2O3. The first-order valence-corrected chi connectivity index (χ1v) is 5.66. The van der Waals surface area contributed by atoms with Gasteiger partial charge in [0, 0.05) is 0 Å². The van der Waals surface area contributed by atoms with Crippen molar-refractivity contribution in [3.63, 3.8) is 0 Å². The third-order valence-electron chi connectivity index (χ3n) is 2.15. The smallest absolute Gasteiger partial charge is 0.259 e. The molecule has 1 aromatic carbocycles. The molecule has 1 aromatic rings. The largest absolute Gasteiger partial charge is 0.493 e. The maximum absolute atomic E-state index is 11.0. The van der Waals surface area contributed by atoms with E-state index in [4.69, 9.17) is 20.5 Å². The van der Waals surface area contributed by atoms with Gasteiger partial charge in [-0.1, -0.05) is 0 Å². The van der Waals surface area contributed by atoms with Gasteiger partial charge in [-0.05, 0) is 39.7 Å². The number of rotatable bonds is 4. The molecule has 0 aliphatic carbocycles. The standard InChI is InChI=1S/C12H11BrN2O3/c1-17-10-5-7(3-8(6-14)12(15)16)4-9(13)11(10)18-2/h3-5H,1-2H3,(H2,15,16)/b8-3+. The summed E-state index contributed by atoms with van der Waals surface area (Å²) in [5.74, 6) is 0.246. The molecule has 1 amide bonds. The zero-order valence-electron chi connectivity index (χ0n) is 9.86. The number of hydrogen-bond acceptors (Lipinski definition) is 4. The molecule has 0 saturated heterocycles. The fourth-order valence-corrected chi connectivity index (χ4v) is 1.97. The monoisotopic (exact) mass is 310 g/mol. The molecule has 0 heterocycles. The van der Waals surface area contributed by atoms with Crippen molar-refractivity contribution >= 4 is 27.9 Å². The zero-order valence-corrected chi connectivity index (χ0v) is 11.4. The summed E-state index contributed by atoms with van der Waals surface area (Å²) in [5.41, 5.74) is 5.54. The van der Waals surface area contributed by atoms with Gasteiger partial charge in [-0.15, -0.1) is 0 Å². The van der Waals surface area contributed by atoms with Crippen molar-refractivity contribution in [2.75, 3.05) is 14.2 Å². The molecule has 1 rings (SSSR count). The second kappa shape index (κ2) is 6.07. The van der Waals surface area contributed by atoms with Crippen molar-refractivity contribution in [2.45, 2.75) is 0 Å². The van der Waals surface area contributed by atoms with E-state index in [9.17, 15) is 4.79 Å². The van der Waals surface area contributed by atoms with E-state index in [0.29, 0.717) is 21.5 Å². The van der Waals surface area contributed by atoms with E-state index >= 15 is 0 Å². The number of nitriles is 1. The Kier molecular flexibility index (Phi) is 4.75. The van der Waals surface area contributed by atoms with Crippen LogP contribution in [0, 0.1) is 11.3 Å². The highest BCUT2D eigenvalue weighted by Crippen LogP contribution is 2.36. The van der Waals surface area contributed by atoms with Crippen LogP contribution < -0.4 is 15.2 Å². The Morgan fingerprint density at radius 2 is 2.11 bits per heavy atom. The number of carbonyl (C=O) groups is 1. The summed E-state index contributed by atoms with van der Waals surface area (Å²) in [4.78, 5) is 11.0. The van der Waals surface area contributed by atoms with Crippen molar-refractivity contribution in [3.8, 4) is 17.6 Å². The van der Waals surface area contributed by atoms with E-state index in [-0.39, 0.29) is 5.57 Å². The SMILES string of the molecule is COc1cc(/C=C(\C#N)C(N)=O)cc(Br)c1OC. The predicted octanol–water partition coefficient (Wildman–Crippen LogP) is 1.86. The van der Waals surface area contributed by atoms with Gasteiger partial charge in [-0.3, -0.25) is 4.79 Å². The lowest BCUT2D eigenvalue weighted by Gasteiger charge is -2.10. The van der Waals surface area contributed by atoms with Crippen LogP contribution in [0.1, 0.15) is 5.56 Å². The minimum atomic E-state index is -0.775. The molecular weight excluding hydrogens is 300 g/mol. The molecule has 0 bridgehead atoms. The molecule has 2 N–H and O–H groups in total. The van der Waals surface area contributed by atoms with Crippen LogP contribution in [0.4, 0.5) is 0 Å². The van der Waals surface area contributed by atoms with Gasteiger partial charge in [0.05, 0.1) is 18.7 Å². The van der Waals surface area contributed by atoms with E-state index in [1.165, 1.54) is 20.3 Å². The average molecular weight is 311 g/mol. The lowest BCUT2D eigenvalue weighted by molar-refractivity contribution is -0.114. The third kappa shape index (κ3) is 3.02. The summed E-state index contributed by atoms with van der Waals surface area (Å²) in [6.07, 6.45) is 1.38. The Bertz CT molecular complexity index is 547. The van der Waals surface area contributed by atoms with Gasteiger partial charge in [-0.25, -0.2) is 0 Å². The summed E-state index contributed by atoms with van der Waals surface area (Å²) in [7, 11) is 3.01. The number of amides is 1. The number of carbonyl (C=O) groups excluding carboxylic acids is 1. The molecule has 0 radical (unpaired) electrons. The molecule has 0 atom stereocenters. The normalized spacial score (nSPS) is 10.7. The van der Waals surface area contributed by atoms with E-state index in [2.05, 4.69) is 15.9 Å². The first kappa shape index (κ1) is 14.1. The molecule has 5 nitrogen and oxygen atoms in total. The van der Waals surface area contributed by atoms with Crippen LogP contribution in [0.3, 0.4) is 0 Å². The van der Waals surface area contributed by atoms with Crippen LogP contribution in [-0.4, -0.2) is 20.1 Å². The number of hydrogen-bond donors (Lipinski definition) is 1. The Morgan fingerprint density at radius 1 is 1.44 bits per heavy atom. The molecule has 94 valence electrons. The molecule has 0 aliphatic rings. The van der Waals surface area contributed by atoms with Crippen molar-refractivity contribution < 1.29 is 14.3 Å². The number of methoxy groups -OCH3 is 2. The minimum absolute atomic E-state index is 0.130. The fraction of sp³-hybridized carbons (Fsp3) is 0.167. The highest BCUT2D eigenvalue weighted by atomic mass is 79.9. The Hall–Kier alpha value is -2.00. The highest BCUT2D eigenvalue weighted by Gasteiger charge is 2.11. The maximum atomic E-state index is 11.0. The number of halogens is 1. The third-order valence-corrected chi connectivity index (χ3v) is 2.74. The summed E-state index contributed by atoms with van der Waals surface area (Å²) < 4.78 is 11.0. The molecule has 6 heteroatoms. The number of nitrogens with two attached hydrogens (primary N) is 1. The van der Waals surface area contributed by atoms with Crippen LogP contribution in [-0.2, 0) is 4.79 Å². The number of nitrogens with zero attached hydrogens (tertiary/aromatic N) is 1. The van der Waals surface area contributed by atoms with Gasteiger partial charge < -0.3 is 15.2 Å². The first-order chi connectivity index (χ1) is 8.53. The molecule has 0 aliphatic heterocycles. The average Bonchev–Trinajstić information content (AvgIpc) is 2.34. The van der Waals surface area contributed by atoms with Gasteiger partial charge in [0.2, 0.25) is 0 Å². The molecule has 0 unspecified atom stereocenters. The second-order valence-corrected chi connectivity index (χ2v) is 4.13. The number of benzene rings is 1. The predicted molar refractivity (Wildman–Crippen MR) is 70.0 cm³/mol. The summed E-state index contributed by atoms with van der Waals surface area (Å²) in [5, 5.41) is 8.77. The van der Waals surface area contributed by atoms with Gasteiger partial charge >= 0.3 is 0 Å². The minimum Gasteiger partial charge on any atom is -0.493 e. The van der Waals surface area contributed by atoms with Gasteiger partial charge in [0.25, 0.3) is 5.91 Å². The van der Waals surface area contributed by atoms with E-state index < -0.39 is 5.91 Å². The molecule has 0 aromatic heterocycles. The second-order valence-electron chi connectivity index (χ2n) is 3.27. The quantitative estimate of drug-likeness (QED) is 0.679. The topological polar surface area (TPSA) is 85.3 Å². The Morgan fingerprint density at radius 3 is 2.56 bits per heavy atom. The van der Waals surface area contributed by atoms with Crippen LogP contribution in [0.25, 0.3) is 6.08 Å². The van der Waals surface area contributed by atoms with Gasteiger partial charge in [-0.2, -0.15) is 5.26 Å². The van der Waals surface area contributed by atoms with Crippen LogP contribution in [0.5, 0.6) is 11.5 Å². The molecule has 0 fully saturated rings. The van der Waals surface area contributed by atoms with Crippen LogP contribution in [0.2, 0.25) is 0 Å². The fourth-order valence-electron chi connectivity index (χ4n) is 1.35. The molecule has 0 saturated carbocycles. The lowest BCUT2D eigenvalue weighted by Crippen LogP contribution is -2.12. The summed E-state index contributed by atoms with van der Waals surface area (Å²) in [6.45, 7) is 0. The number of ether oxygens (including phenoxy) is 2. The van der Waals surface area contributed by atoms with Crippen molar-refractivity contribution in [3.05, 3.63) is 27.7 Å². The zero-order chi connectivity index (χ0) is 13.7. The van der Waals surface area contributed by atoms with E-state index in [1.807, 2.05) is 0 Å². The summed E-state index contributed by atoms with van der Waals surface area (Å²) in [6, 6.07) is 5.07. The van der Waals surface area contributed by atoms with E-state index in [1.54, 1.807) is 18.2 Å². The Balaban J connectivity index is 3.33. The van der Waals surface area contributed by atoms with Crippen LogP contribution >= 0.6 is 15.9 Å². The Labute approximate surface area is 113 Å². The highest BCUT2D eigenvalue weighted by molar-refractivity contribution is 9.10. The van der Waals surface area contributed by atoms with Gasteiger partial charge in [0.1, 0.15) is 11.6 Å². The maximum Gasteiger partial charge on any atom is 0.259 e. The summed E-state index contributed by atoms with van der Waals surface area (Å²) >= 11 is 3.31. The van der Waals surface area contributed by atoms with Crippen molar-refractivity contribution in [1.29, 1.82) is 5.26 Å². The van der Waals surface area contributed by atoms with Crippen molar-refractivity contribution in [2.24, 2.45) is 5.73 Å². The lowest BCUT2D eigenvalue weighted by atomic mass is 10.1. The van der Waals surface area contributed by atoms with Gasteiger partial charge in [0.15, 0.2) is 11.5 Å². The first-order valence-electron chi connectivity index (χ1n) is 4.86. The number of primary amides is 1. The van der Waals surface area contributed by atoms with E-state index in [0.717, 1.165) is 0 Å². The molecule has 18 heavy (non-hydrogen) atoms. The van der Waals surface area contributed by atoms with Crippen LogP contribution in [0.15, 0.2) is 22.2 Å².